The lowest BCUT2D eigenvalue weighted by Gasteiger charge is -2.07. The Balaban J connectivity index is 2.19. The number of methoxy groups -OCH3 is 1. The van der Waals surface area contributed by atoms with Crippen LogP contribution in [0.3, 0.4) is 0 Å². The molecule has 2 rings (SSSR count). The van der Waals surface area contributed by atoms with Gasteiger partial charge in [0.05, 0.1) is 24.4 Å². The summed E-state index contributed by atoms with van der Waals surface area (Å²) in [6.45, 7) is 0. The van der Waals surface area contributed by atoms with E-state index in [0.29, 0.717) is 5.88 Å². The fourth-order valence-electron chi connectivity index (χ4n) is 1.29. The first kappa shape index (κ1) is 11.2. The van der Waals surface area contributed by atoms with Crippen molar-refractivity contribution < 1.29 is 4.74 Å². The summed E-state index contributed by atoms with van der Waals surface area (Å²) in [6.07, 6.45) is 0. The largest absolute Gasteiger partial charge is 0.495 e. The maximum Gasteiger partial charge on any atom is 0.187 e. The van der Waals surface area contributed by atoms with Crippen molar-refractivity contribution in [2.24, 2.45) is 0 Å². The molecule has 0 aliphatic heterocycles. The average Bonchev–Trinajstić information content (AvgIpc) is 2.77. The van der Waals surface area contributed by atoms with Gasteiger partial charge in [0.25, 0.3) is 0 Å². The zero-order valence-corrected chi connectivity index (χ0v) is 10.3. The minimum atomic E-state index is 0.435. The molecule has 1 N–H and O–H groups in total. The number of hydrogen-bond acceptors (Lipinski definition) is 4. The van der Waals surface area contributed by atoms with Crippen molar-refractivity contribution in [1.82, 2.24) is 4.98 Å². The van der Waals surface area contributed by atoms with Crippen LogP contribution in [-0.4, -0.2) is 12.1 Å². The van der Waals surface area contributed by atoms with Crippen LogP contribution < -0.4 is 10.1 Å². The van der Waals surface area contributed by atoms with Gasteiger partial charge < -0.3 is 10.1 Å². The molecule has 0 unspecified atom stereocenters. The lowest BCUT2D eigenvalue weighted by atomic mass is 10.3. The van der Waals surface area contributed by atoms with E-state index in [2.05, 4.69) is 10.3 Å². The predicted octanol–water partition coefficient (Wildman–Crippen LogP) is 3.63. The zero-order valence-electron chi connectivity index (χ0n) is 8.74. The highest BCUT2D eigenvalue weighted by molar-refractivity contribution is 7.13. The average molecular weight is 255 g/mol. The van der Waals surface area contributed by atoms with Crippen LogP contribution in [0.5, 0.6) is 5.75 Å². The van der Waals surface area contributed by atoms with Crippen molar-refractivity contribution in [1.29, 1.82) is 0 Å². The first-order chi connectivity index (χ1) is 7.83. The van der Waals surface area contributed by atoms with Crippen molar-refractivity contribution in [2.45, 2.75) is 5.88 Å². The first-order valence-corrected chi connectivity index (χ1v) is 6.15. The summed E-state index contributed by atoms with van der Waals surface area (Å²) in [4.78, 5) is 4.32. The number of aromatic nitrogens is 1. The molecule has 0 fully saturated rings. The SMILES string of the molecule is COc1ccccc1Nc1nc(CCl)cs1. The highest BCUT2D eigenvalue weighted by atomic mass is 35.5. The molecule has 84 valence electrons. The molecular formula is C11H11ClN2OS. The lowest BCUT2D eigenvalue weighted by molar-refractivity contribution is 0.417. The summed E-state index contributed by atoms with van der Waals surface area (Å²) in [5, 5.41) is 5.96. The number of rotatable bonds is 4. The zero-order chi connectivity index (χ0) is 11.4. The van der Waals surface area contributed by atoms with Gasteiger partial charge in [0.1, 0.15) is 5.75 Å². The van der Waals surface area contributed by atoms with Crippen LogP contribution in [0.2, 0.25) is 0 Å². The van der Waals surface area contributed by atoms with Gasteiger partial charge in [-0.1, -0.05) is 12.1 Å². The van der Waals surface area contributed by atoms with Crippen LogP contribution in [0.1, 0.15) is 5.69 Å². The molecule has 0 saturated carbocycles. The Kier molecular flexibility index (Phi) is 3.64. The van der Waals surface area contributed by atoms with E-state index in [1.165, 1.54) is 11.3 Å². The minimum absolute atomic E-state index is 0.435. The van der Waals surface area contributed by atoms with E-state index in [9.17, 15) is 0 Å². The van der Waals surface area contributed by atoms with Crippen LogP contribution in [0.4, 0.5) is 10.8 Å². The summed E-state index contributed by atoms with van der Waals surface area (Å²) < 4.78 is 5.24. The van der Waals surface area contributed by atoms with Gasteiger partial charge in [-0.15, -0.1) is 22.9 Å². The van der Waals surface area contributed by atoms with Crippen molar-refractivity contribution in [2.75, 3.05) is 12.4 Å². The van der Waals surface area contributed by atoms with Gasteiger partial charge in [-0.05, 0) is 12.1 Å². The summed E-state index contributed by atoms with van der Waals surface area (Å²) in [6, 6.07) is 7.72. The molecular weight excluding hydrogens is 244 g/mol. The smallest absolute Gasteiger partial charge is 0.187 e. The number of thiazole rings is 1. The lowest BCUT2D eigenvalue weighted by Crippen LogP contribution is -1.93. The maximum absolute atomic E-state index is 5.69. The van der Waals surface area contributed by atoms with Gasteiger partial charge in [-0.2, -0.15) is 0 Å². The van der Waals surface area contributed by atoms with E-state index in [1.807, 2.05) is 29.6 Å². The van der Waals surface area contributed by atoms with Crippen molar-refractivity contribution >= 4 is 33.8 Å². The van der Waals surface area contributed by atoms with Gasteiger partial charge >= 0.3 is 0 Å². The Labute approximate surface area is 103 Å². The number of nitrogens with one attached hydrogen (secondary N) is 1. The fraction of sp³-hybridized carbons (Fsp3) is 0.182. The third-order valence-corrected chi connectivity index (χ3v) is 3.12. The van der Waals surface area contributed by atoms with E-state index in [-0.39, 0.29) is 0 Å². The van der Waals surface area contributed by atoms with Gasteiger partial charge in [-0.25, -0.2) is 4.98 Å². The quantitative estimate of drug-likeness (QED) is 0.846. The van der Waals surface area contributed by atoms with Gasteiger partial charge in [-0.3, -0.25) is 0 Å². The Bertz CT molecular complexity index is 473. The second-order valence-corrected chi connectivity index (χ2v) is 4.23. The topological polar surface area (TPSA) is 34.1 Å². The van der Waals surface area contributed by atoms with Gasteiger partial charge in [0.2, 0.25) is 0 Å². The molecule has 0 aliphatic rings. The van der Waals surface area contributed by atoms with Crippen LogP contribution in [-0.2, 0) is 5.88 Å². The monoisotopic (exact) mass is 254 g/mol. The molecule has 1 aromatic heterocycles. The van der Waals surface area contributed by atoms with Gasteiger partial charge in [0, 0.05) is 5.38 Å². The summed E-state index contributed by atoms with van der Waals surface area (Å²) >= 11 is 7.22. The van der Waals surface area contributed by atoms with Crippen LogP contribution >= 0.6 is 22.9 Å². The molecule has 2 aromatic rings. The number of halogens is 1. The molecule has 16 heavy (non-hydrogen) atoms. The normalized spacial score (nSPS) is 10.1. The molecule has 1 heterocycles. The molecule has 0 amide bonds. The van der Waals surface area contributed by atoms with E-state index < -0.39 is 0 Å². The molecule has 3 nitrogen and oxygen atoms in total. The molecule has 0 aliphatic carbocycles. The second-order valence-electron chi connectivity index (χ2n) is 3.10. The molecule has 0 bridgehead atoms. The number of anilines is 2. The number of ether oxygens (including phenoxy) is 1. The van der Waals surface area contributed by atoms with Crippen molar-refractivity contribution in [3.63, 3.8) is 0 Å². The Morgan fingerprint density at radius 2 is 2.25 bits per heavy atom. The van der Waals surface area contributed by atoms with Crippen LogP contribution in [0.15, 0.2) is 29.6 Å². The fourth-order valence-corrected chi connectivity index (χ4v) is 2.24. The van der Waals surface area contributed by atoms with Gasteiger partial charge in [0.15, 0.2) is 5.13 Å². The Hall–Kier alpha value is -1.26. The van der Waals surface area contributed by atoms with E-state index >= 15 is 0 Å². The number of alkyl halides is 1. The van der Waals surface area contributed by atoms with Crippen LogP contribution in [0, 0.1) is 0 Å². The second kappa shape index (κ2) is 5.18. The first-order valence-electron chi connectivity index (χ1n) is 4.74. The molecule has 0 radical (unpaired) electrons. The van der Waals surface area contributed by atoms with Crippen molar-refractivity contribution in [3.8, 4) is 5.75 Å². The van der Waals surface area contributed by atoms with E-state index in [4.69, 9.17) is 16.3 Å². The third-order valence-electron chi connectivity index (χ3n) is 2.04. The number of hydrogen-bond donors (Lipinski definition) is 1. The van der Waals surface area contributed by atoms with Crippen molar-refractivity contribution in [3.05, 3.63) is 35.3 Å². The summed E-state index contributed by atoms with van der Waals surface area (Å²) in [5.41, 5.74) is 1.78. The minimum Gasteiger partial charge on any atom is -0.495 e. The molecule has 0 saturated heterocycles. The maximum atomic E-state index is 5.69. The van der Waals surface area contributed by atoms with E-state index in [0.717, 1.165) is 22.3 Å². The molecule has 0 atom stereocenters. The highest BCUT2D eigenvalue weighted by Gasteiger charge is 2.05. The molecule has 5 heteroatoms. The van der Waals surface area contributed by atoms with E-state index in [1.54, 1.807) is 7.11 Å². The molecule has 1 aromatic carbocycles. The van der Waals surface area contributed by atoms with Crippen LogP contribution in [0.25, 0.3) is 0 Å². The standard InChI is InChI=1S/C11H11ClN2OS/c1-15-10-5-3-2-4-9(10)14-11-13-8(6-12)7-16-11/h2-5,7H,6H2,1H3,(H,13,14). The predicted molar refractivity (Wildman–Crippen MR) is 67.9 cm³/mol. The Morgan fingerprint density at radius 1 is 1.44 bits per heavy atom. The molecule has 0 spiro atoms. The number of nitrogens with zero attached hydrogens (tertiary/aromatic N) is 1. The Morgan fingerprint density at radius 3 is 2.94 bits per heavy atom. The summed E-state index contributed by atoms with van der Waals surface area (Å²) in [7, 11) is 1.65. The third kappa shape index (κ3) is 2.46. The summed E-state index contributed by atoms with van der Waals surface area (Å²) in [5.74, 6) is 1.23. The number of para-hydroxylation sites is 2. The number of benzene rings is 1. The highest BCUT2D eigenvalue weighted by Crippen LogP contribution is 2.28.